The molecule has 2 heterocycles. The SMILES string of the molecule is CC(C)Nc1nc(N)c(C(=O)N(C)C2CCOCC2)s1. The van der Waals surface area contributed by atoms with E-state index in [4.69, 9.17) is 10.5 Å². The van der Waals surface area contributed by atoms with Gasteiger partial charge in [0, 0.05) is 32.3 Å². The number of carbonyl (C=O) groups is 1. The summed E-state index contributed by atoms with van der Waals surface area (Å²) in [6, 6.07) is 0.482. The third-order valence-corrected chi connectivity index (χ3v) is 4.31. The Bertz CT molecular complexity index is 469. The third kappa shape index (κ3) is 3.40. The first-order valence-electron chi connectivity index (χ1n) is 6.86. The number of nitrogens with zero attached hydrogens (tertiary/aromatic N) is 2. The van der Waals surface area contributed by atoms with Gasteiger partial charge in [-0.05, 0) is 26.7 Å². The molecule has 1 aliphatic rings. The first-order valence-corrected chi connectivity index (χ1v) is 7.68. The van der Waals surface area contributed by atoms with Crippen LogP contribution in [-0.4, -0.2) is 48.1 Å². The molecule has 1 saturated heterocycles. The average molecular weight is 298 g/mol. The van der Waals surface area contributed by atoms with Crippen LogP contribution in [0, 0.1) is 0 Å². The Morgan fingerprint density at radius 3 is 2.75 bits per heavy atom. The quantitative estimate of drug-likeness (QED) is 0.886. The molecule has 7 heteroatoms. The number of nitrogen functional groups attached to an aromatic ring is 1. The molecule has 1 aromatic heterocycles. The van der Waals surface area contributed by atoms with Gasteiger partial charge in [-0.1, -0.05) is 11.3 Å². The van der Waals surface area contributed by atoms with E-state index in [1.54, 1.807) is 4.90 Å². The van der Waals surface area contributed by atoms with Gasteiger partial charge in [0.25, 0.3) is 5.91 Å². The molecule has 0 bridgehead atoms. The number of hydrogen-bond donors (Lipinski definition) is 2. The van der Waals surface area contributed by atoms with Gasteiger partial charge in [-0.25, -0.2) is 4.98 Å². The smallest absolute Gasteiger partial charge is 0.267 e. The monoisotopic (exact) mass is 298 g/mol. The number of nitrogens with two attached hydrogens (primary N) is 1. The zero-order chi connectivity index (χ0) is 14.7. The highest BCUT2D eigenvalue weighted by Crippen LogP contribution is 2.28. The van der Waals surface area contributed by atoms with Crippen LogP contribution in [0.3, 0.4) is 0 Å². The molecule has 0 atom stereocenters. The standard InChI is InChI=1S/C13H22N4O2S/c1-8(2)15-13-16-11(14)10(20-13)12(18)17(3)9-4-6-19-7-5-9/h8-9H,4-7,14H2,1-3H3,(H,15,16). The van der Waals surface area contributed by atoms with E-state index >= 15 is 0 Å². The number of rotatable bonds is 4. The van der Waals surface area contributed by atoms with Gasteiger partial charge in [0.2, 0.25) is 0 Å². The van der Waals surface area contributed by atoms with Gasteiger partial charge in [-0.3, -0.25) is 4.79 Å². The second kappa shape index (κ2) is 6.41. The molecule has 0 unspecified atom stereocenters. The molecule has 0 spiro atoms. The van der Waals surface area contributed by atoms with Crippen molar-refractivity contribution in [3.8, 4) is 0 Å². The molecule has 3 N–H and O–H groups in total. The van der Waals surface area contributed by atoms with Crippen LogP contribution in [-0.2, 0) is 4.74 Å². The minimum atomic E-state index is -0.0521. The van der Waals surface area contributed by atoms with Crippen LogP contribution in [0.5, 0.6) is 0 Å². The summed E-state index contributed by atoms with van der Waals surface area (Å²) in [7, 11) is 1.83. The minimum absolute atomic E-state index is 0.0521. The van der Waals surface area contributed by atoms with E-state index in [1.807, 2.05) is 20.9 Å². The molecule has 1 aromatic rings. The first-order chi connectivity index (χ1) is 9.49. The fourth-order valence-corrected chi connectivity index (χ4v) is 3.21. The van der Waals surface area contributed by atoms with Crippen molar-refractivity contribution in [2.45, 2.75) is 38.8 Å². The Morgan fingerprint density at radius 2 is 2.15 bits per heavy atom. The van der Waals surface area contributed by atoms with Crippen LogP contribution in [0.1, 0.15) is 36.4 Å². The van der Waals surface area contributed by atoms with Crippen molar-refractivity contribution in [3.63, 3.8) is 0 Å². The Hall–Kier alpha value is -1.34. The summed E-state index contributed by atoms with van der Waals surface area (Å²) in [5.41, 5.74) is 5.87. The minimum Gasteiger partial charge on any atom is -0.382 e. The summed E-state index contributed by atoms with van der Waals surface area (Å²) in [6.07, 6.45) is 1.75. The molecule has 0 aromatic carbocycles. The maximum atomic E-state index is 12.5. The van der Waals surface area contributed by atoms with Crippen molar-refractivity contribution >= 4 is 28.2 Å². The lowest BCUT2D eigenvalue weighted by Gasteiger charge is -2.30. The molecule has 112 valence electrons. The van der Waals surface area contributed by atoms with Crippen LogP contribution >= 0.6 is 11.3 Å². The van der Waals surface area contributed by atoms with Gasteiger partial charge in [0.05, 0.1) is 0 Å². The van der Waals surface area contributed by atoms with Crippen molar-refractivity contribution in [3.05, 3.63) is 4.88 Å². The Labute approximate surface area is 123 Å². The molecular formula is C13H22N4O2S. The van der Waals surface area contributed by atoms with Crippen molar-refractivity contribution < 1.29 is 9.53 Å². The van der Waals surface area contributed by atoms with Crippen LogP contribution in [0.15, 0.2) is 0 Å². The first kappa shape index (κ1) is 15.1. The fourth-order valence-electron chi connectivity index (χ4n) is 2.19. The lowest BCUT2D eigenvalue weighted by Crippen LogP contribution is -2.40. The molecule has 20 heavy (non-hydrogen) atoms. The number of carbonyl (C=O) groups excluding carboxylic acids is 1. The third-order valence-electron chi connectivity index (χ3n) is 3.32. The van der Waals surface area contributed by atoms with E-state index in [1.165, 1.54) is 11.3 Å². The molecule has 0 saturated carbocycles. The van der Waals surface area contributed by atoms with Crippen LogP contribution in [0.4, 0.5) is 10.9 Å². The second-order valence-corrected chi connectivity index (χ2v) is 6.29. The van der Waals surface area contributed by atoms with Crippen LogP contribution < -0.4 is 11.1 Å². The van der Waals surface area contributed by atoms with E-state index in [-0.39, 0.29) is 18.0 Å². The number of nitrogens with one attached hydrogen (secondary N) is 1. The summed E-state index contributed by atoms with van der Waals surface area (Å²) in [5.74, 6) is 0.255. The summed E-state index contributed by atoms with van der Waals surface area (Å²) in [5, 5.41) is 3.87. The van der Waals surface area contributed by atoms with Gasteiger partial charge >= 0.3 is 0 Å². The Kier molecular flexibility index (Phi) is 4.82. The highest BCUT2D eigenvalue weighted by atomic mass is 32.1. The van der Waals surface area contributed by atoms with Gasteiger partial charge in [0.15, 0.2) is 5.13 Å². The van der Waals surface area contributed by atoms with Crippen molar-refractivity contribution in [2.75, 3.05) is 31.3 Å². The molecule has 1 amide bonds. The van der Waals surface area contributed by atoms with Crippen molar-refractivity contribution in [1.29, 1.82) is 0 Å². The molecule has 1 aliphatic heterocycles. The predicted molar refractivity (Wildman–Crippen MR) is 81.2 cm³/mol. The van der Waals surface area contributed by atoms with E-state index < -0.39 is 0 Å². The van der Waals surface area contributed by atoms with E-state index in [2.05, 4.69) is 10.3 Å². The Morgan fingerprint density at radius 1 is 1.50 bits per heavy atom. The lowest BCUT2D eigenvalue weighted by molar-refractivity contribution is 0.0365. The van der Waals surface area contributed by atoms with Gasteiger partial charge < -0.3 is 20.7 Å². The zero-order valence-electron chi connectivity index (χ0n) is 12.2. The zero-order valence-corrected chi connectivity index (χ0v) is 13.0. The van der Waals surface area contributed by atoms with E-state index in [0.717, 1.165) is 12.8 Å². The number of amides is 1. The predicted octanol–water partition coefficient (Wildman–Crippen LogP) is 1.80. The summed E-state index contributed by atoms with van der Waals surface area (Å²) in [6.45, 7) is 5.46. The summed E-state index contributed by atoms with van der Waals surface area (Å²) in [4.78, 5) is 19.0. The average Bonchev–Trinajstić information content (AvgIpc) is 2.78. The van der Waals surface area contributed by atoms with E-state index in [9.17, 15) is 4.79 Å². The Balaban J connectivity index is 2.09. The number of thiazole rings is 1. The maximum absolute atomic E-state index is 12.5. The highest BCUT2D eigenvalue weighted by molar-refractivity contribution is 7.18. The number of hydrogen-bond acceptors (Lipinski definition) is 6. The van der Waals surface area contributed by atoms with Gasteiger partial charge in [-0.15, -0.1) is 0 Å². The van der Waals surface area contributed by atoms with E-state index in [0.29, 0.717) is 29.0 Å². The van der Waals surface area contributed by atoms with Crippen LogP contribution in [0.2, 0.25) is 0 Å². The molecule has 0 aliphatic carbocycles. The fraction of sp³-hybridized carbons (Fsp3) is 0.692. The number of ether oxygens (including phenoxy) is 1. The summed E-state index contributed by atoms with van der Waals surface area (Å²) < 4.78 is 5.32. The van der Waals surface area contributed by atoms with Crippen LogP contribution in [0.25, 0.3) is 0 Å². The lowest BCUT2D eigenvalue weighted by atomic mass is 10.1. The molecule has 1 fully saturated rings. The largest absolute Gasteiger partial charge is 0.382 e. The highest BCUT2D eigenvalue weighted by Gasteiger charge is 2.26. The van der Waals surface area contributed by atoms with Crippen molar-refractivity contribution in [1.82, 2.24) is 9.88 Å². The molecule has 6 nitrogen and oxygen atoms in total. The number of anilines is 2. The second-order valence-electron chi connectivity index (χ2n) is 5.29. The van der Waals surface area contributed by atoms with Crippen molar-refractivity contribution in [2.24, 2.45) is 0 Å². The topological polar surface area (TPSA) is 80.5 Å². The van der Waals surface area contributed by atoms with Gasteiger partial charge in [0.1, 0.15) is 10.7 Å². The normalized spacial score (nSPS) is 16.4. The molecular weight excluding hydrogens is 276 g/mol. The van der Waals surface area contributed by atoms with Gasteiger partial charge in [-0.2, -0.15) is 0 Å². The molecule has 2 rings (SSSR count). The number of aromatic nitrogens is 1. The summed E-state index contributed by atoms with van der Waals surface area (Å²) >= 11 is 1.32. The molecule has 0 radical (unpaired) electrons. The maximum Gasteiger partial charge on any atom is 0.267 e.